The predicted molar refractivity (Wildman–Crippen MR) is 128 cm³/mol. The van der Waals surface area contributed by atoms with E-state index in [9.17, 15) is 14.0 Å². The fourth-order valence-electron chi connectivity index (χ4n) is 3.70. The Hall–Kier alpha value is -4.04. The molecular formula is C25H24FN5O2. The smallest absolute Gasteiger partial charge is 0.272 e. The number of carbonyl (C=O) groups excluding carboxylic acids is 1. The number of hydrogen-bond donors (Lipinski definition) is 2. The summed E-state index contributed by atoms with van der Waals surface area (Å²) < 4.78 is 13.5. The van der Waals surface area contributed by atoms with Gasteiger partial charge in [-0.15, -0.1) is 0 Å². The Labute approximate surface area is 190 Å². The summed E-state index contributed by atoms with van der Waals surface area (Å²) in [6, 6.07) is 18.3. The number of nitrogens with zero attached hydrogens (tertiary/aromatic N) is 3. The number of benzene rings is 3. The van der Waals surface area contributed by atoms with E-state index in [1.165, 1.54) is 18.2 Å². The highest BCUT2D eigenvalue weighted by molar-refractivity contribution is 6.05. The van der Waals surface area contributed by atoms with Gasteiger partial charge in [0.1, 0.15) is 11.6 Å². The first-order chi connectivity index (χ1) is 15.9. The number of aromatic nitrogens is 2. The minimum absolute atomic E-state index is 0.158. The molecule has 3 aromatic carbocycles. The molecule has 1 amide bonds. The van der Waals surface area contributed by atoms with Crippen molar-refractivity contribution in [2.24, 2.45) is 5.84 Å². The lowest BCUT2D eigenvalue weighted by molar-refractivity contribution is 0.0987. The molecule has 0 spiro atoms. The van der Waals surface area contributed by atoms with Gasteiger partial charge in [-0.05, 0) is 74.0 Å². The number of anilines is 2. The first-order valence-electron chi connectivity index (χ1n) is 10.5. The minimum Gasteiger partial charge on any atom is -0.367 e. The van der Waals surface area contributed by atoms with Gasteiger partial charge in [0.05, 0.1) is 16.6 Å². The van der Waals surface area contributed by atoms with Gasteiger partial charge in [0.15, 0.2) is 0 Å². The molecule has 1 aromatic heterocycles. The highest BCUT2D eigenvalue weighted by atomic mass is 19.1. The zero-order valence-electron chi connectivity index (χ0n) is 18.4. The number of H-pyrrole nitrogens is 1. The second-order valence-corrected chi connectivity index (χ2v) is 7.72. The van der Waals surface area contributed by atoms with Crippen molar-refractivity contribution >= 4 is 28.2 Å². The van der Waals surface area contributed by atoms with E-state index in [1.54, 1.807) is 25.1 Å². The number of halogens is 1. The van der Waals surface area contributed by atoms with E-state index < -0.39 is 11.7 Å². The molecule has 33 heavy (non-hydrogen) atoms. The third-order valence-electron chi connectivity index (χ3n) is 5.43. The number of nitrogens with one attached hydrogen (secondary N) is 1. The van der Waals surface area contributed by atoms with Gasteiger partial charge in [0, 0.05) is 24.3 Å². The van der Waals surface area contributed by atoms with Crippen molar-refractivity contribution in [3.8, 4) is 0 Å². The van der Waals surface area contributed by atoms with Crippen LogP contribution in [0.1, 0.15) is 28.7 Å². The Bertz CT molecular complexity index is 1370. The molecule has 1 heterocycles. The van der Waals surface area contributed by atoms with Crippen molar-refractivity contribution in [1.29, 1.82) is 0 Å². The van der Waals surface area contributed by atoms with E-state index in [2.05, 4.69) is 14.9 Å². The highest BCUT2D eigenvalue weighted by Crippen LogP contribution is 2.21. The van der Waals surface area contributed by atoms with E-state index in [0.29, 0.717) is 28.8 Å². The molecule has 0 aliphatic heterocycles. The first kappa shape index (κ1) is 22.2. The highest BCUT2D eigenvalue weighted by Gasteiger charge is 2.16. The van der Waals surface area contributed by atoms with E-state index in [-0.39, 0.29) is 11.2 Å². The molecule has 0 saturated carbocycles. The molecule has 3 N–H and O–H groups in total. The van der Waals surface area contributed by atoms with Crippen molar-refractivity contribution in [1.82, 2.24) is 9.97 Å². The molecule has 0 unspecified atom stereocenters. The zero-order chi connectivity index (χ0) is 23.5. The number of amides is 1. The van der Waals surface area contributed by atoms with Crippen LogP contribution in [0.5, 0.6) is 0 Å². The quantitative estimate of drug-likeness (QED) is 0.267. The standard InChI is InChI=1S/C25H24FN5O2/c1-3-30(15-17-7-12-23-22(13-17)24(32)29-16(2)28-23)20-10-8-18(9-11-20)25(33)31(27)21-6-4-5-19(26)14-21/h4-14H,3,15,27H2,1-2H3,(H,28,29,32). The minimum atomic E-state index is -0.466. The van der Waals surface area contributed by atoms with Crippen LogP contribution in [0.2, 0.25) is 0 Å². The SMILES string of the molecule is CCN(Cc1ccc2nc(C)[nH]c(=O)c2c1)c1ccc(C(=O)N(N)c2cccc(F)c2)cc1. The lowest BCUT2D eigenvalue weighted by Crippen LogP contribution is -2.37. The van der Waals surface area contributed by atoms with Crippen LogP contribution in [0.4, 0.5) is 15.8 Å². The molecule has 0 fully saturated rings. The molecule has 0 aliphatic carbocycles. The number of carbonyl (C=O) groups is 1. The van der Waals surface area contributed by atoms with Crippen LogP contribution in [0.15, 0.2) is 71.5 Å². The summed E-state index contributed by atoms with van der Waals surface area (Å²) in [5.74, 6) is 5.58. The zero-order valence-corrected chi connectivity index (χ0v) is 18.4. The average molecular weight is 445 g/mol. The maximum absolute atomic E-state index is 13.5. The monoisotopic (exact) mass is 445 g/mol. The third-order valence-corrected chi connectivity index (χ3v) is 5.43. The Balaban J connectivity index is 1.53. The average Bonchev–Trinajstić information content (AvgIpc) is 2.82. The lowest BCUT2D eigenvalue weighted by Gasteiger charge is -2.24. The number of aryl methyl sites for hydroxylation is 1. The summed E-state index contributed by atoms with van der Waals surface area (Å²) in [4.78, 5) is 34.2. The molecule has 0 saturated heterocycles. The van der Waals surface area contributed by atoms with Crippen molar-refractivity contribution < 1.29 is 9.18 Å². The van der Waals surface area contributed by atoms with Crippen molar-refractivity contribution in [3.63, 3.8) is 0 Å². The summed E-state index contributed by atoms with van der Waals surface area (Å²) in [5, 5.41) is 1.48. The topological polar surface area (TPSA) is 95.3 Å². The van der Waals surface area contributed by atoms with Gasteiger partial charge < -0.3 is 9.88 Å². The molecular weight excluding hydrogens is 421 g/mol. The summed E-state index contributed by atoms with van der Waals surface area (Å²) >= 11 is 0. The Morgan fingerprint density at radius 2 is 1.82 bits per heavy atom. The van der Waals surface area contributed by atoms with Crippen molar-refractivity contribution in [3.05, 3.63) is 99.9 Å². The van der Waals surface area contributed by atoms with Crippen LogP contribution in [-0.4, -0.2) is 22.4 Å². The summed E-state index contributed by atoms with van der Waals surface area (Å²) in [7, 11) is 0. The number of rotatable bonds is 6. The van der Waals surface area contributed by atoms with Gasteiger partial charge >= 0.3 is 0 Å². The largest absolute Gasteiger partial charge is 0.367 e. The van der Waals surface area contributed by atoms with Gasteiger partial charge in [0.25, 0.3) is 11.5 Å². The van der Waals surface area contributed by atoms with Crippen LogP contribution in [0, 0.1) is 12.7 Å². The Morgan fingerprint density at radius 3 is 2.52 bits per heavy atom. The molecule has 168 valence electrons. The second-order valence-electron chi connectivity index (χ2n) is 7.72. The van der Waals surface area contributed by atoms with Gasteiger partial charge in [-0.25, -0.2) is 20.2 Å². The molecule has 7 nitrogen and oxygen atoms in total. The third kappa shape index (κ3) is 4.75. The number of hydrazine groups is 1. The van der Waals surface area contributed by atoms with Gasteiger partial charge in [-0.3, -0.25) is 9.59 Å². The van der Waals surface area contributed by atoms with E-state index >= 15 is 0 Å². The van der Waals surface area contributed by atoms with Crippen molar-refractivity contribution in [2.45, 2.75) is 20.4 Å². The van der Waals surface area contributed by atoms with E-state index in [4.69, 9.17) is 5.84 Å². The second kappa shape index (κ2) is 9.22. The van der Waals surface area contributed by atoms with Crippen LogP contribution in [-0.2, 0) is 6.54 Å². The van der Waals surface area contributed by atoms with Crippen LogP contribution < -0.4 is 21.3 Å². The fourth-order valence-corrected chi connectivity index (χ4v) is 3.70. The molecule has 0 bridgehead atoms. The number of hydrogen-bond acceptors (Lipinski definition) is 5. The van der Waals surface area contributed by atoms with Crippen molar-refractivity contribution in [2.75, 3.05) is 16.5 Å². The molecule has 0 aliphatic rings. The van der Waals surface area contributed by atoms with Gasteiger partial charge in [-0.2, -0.15) is 0 Å². The summed E-state index contributed by atoms with van der Waals surface area (Å²) in [6.07, 6.45) is 0. The first-order valence-corrected chi connectivity index (χ1v) is 10.5. The molecule has 0 radical (unpaired) electrons. The van der Waals surface area contributed by atoms with Crippen LogP contribution in [0.3, 0.4) is 0 Å². The lowest BCUT2D eigenvalue weighted by atomic mass is 10.1. The predicted octanol–water partition coefficient (Wildman–Crippen LogP) is 3.92. The maximum atomic E-state index is 13.5. The van der Waals surface area contributed by atoms with E-state index in [0.717, 1.165) is 22.8 Å². The number of aromatic amines is 1. The molecule has 0 atom stereocenters. The maximum Gasteiger partial charge on any atom is 0.272 e. The van der Waals surface area contributed by atoms with Gasteiger partial charge in [0.2, 0.25) is 0 Å². The normalized spacial score (nSPS) is 10.9. The fraction of sp³-hybridized carbons (Fsp3) is 0.160. The molecule has 4 rings (SSSR count). The molecule has 8 heteroatoms. The molecule has 4 aromatic rings. The summed E-state index contributed by atoms with van der Waals surface area (Å²) in [5.41, 5.74) is 3.06. The number of nitrogens with two attached hydrogens (primary N) is 1. The van der Waals surface area contributed by atoms with E-state index in [1.807, 2.05) is 37.3 Å². The summed E-state index contributed by atoms with van der Waals surface area (Å²) in [6.45, 7) is 5.09. The Kier molecular flexibility index (Phi) is 6.19. The van der Waals surface area contributed by atoms with Crippen LogP contribution >= 0.6 is 0 Å². The van der Waals surface area contributed by atoms with Gasteiger partial charge in [-0.1, -0.05) is 12.1 Å². The van der Waals surface area contributed by atoms with Crippen LogP contribution in [0.25, 0.3) is 10.9 Å². The Morgan fingerprint density at radius 1 is 1.06 bits per heavy atom. The number of fused-ring (bicyclic) bond motifs is 1.